The van der Waals surface area contributed by atoms with Crippen LogP contribution < -0.4 is 4.74 Å². The Kier molecular flexibility index (Phi) is 7.62. The molecule has 5 heteroatoms. The predicted molar refractivity (Wildman–Crippen MR) is 165 cm³/mol. The smallest absolute Gasteiger partial charge is 0.134 e. The van der Waals surface area contributed by atoms with E-state index in [0.717, 1.165) is 56.6 Å². The van der Waals surface area contributed by atoms with Crippen molar-refractivity contribution in [3.05, 3.63) is 70.3 Å². The number of aromatic hydroxyl groups is 1. The Morgan fingerprint density at radius 1 is 1.05 bits per heavy atom. The number of fused-ring (bicyclic) bond motifs is 6. The number of piperidine rings is 1. The molecule has 3 aliphatic carbocycles. The number of halogens is 1. The number of hydrogen-bond acceptors (Lipinski definition) is 4. The fourth-order valence-corrected chi connectivity index (χ4v) is 9.97. The summed E-state index contributed by atoms with van der Waals surface area (Å²) in [4.78, 5) is 2.61. The third-order valence-electron chi connectivity index (χ3n) is 11.7. The van der Waals surface area contributed by atoms with Gasteiger partial charge in [0, 0.05) is 5.41 Å². The van der Waals surface area contributed by atoms with E-state index in [0.29, 0.717) is 28.7 Å². The number of rotatable bonds is 7. The van der Waals surface area contributed by atoms with E-state index in [2.05, 4.69) is 54.3 Å². The second-order valence-corrected chi connectivity index (χ2v) is 14.1. The minimum Gasteiger partial charge on any atom is -0.506 e. The van der Waals surface area contributed by atoms with Gasteiger partial charge in [-0.2, -0.15) is 0 Å². The zero-order valence-corrected chi connectivity index (χ0v) is 25.4. The molecule has 2 aliphatic heterocycles. The summed E-state index contributed by atoms with van der Waals surface area (Å²) in [5, 5.41) is 11.0. The molecule has 5 aliphatic rings. The number of nitrogens with zero attached hydrogens (tertiary/aromatic N) is 1. The standard InChI is InChI=1S/C36H46ClNO3/c1-35-24-30(25-8-10-26(11-9-25)40-22-6-5-21-38-19-3-2-4-20-38)33-27-14-15-32(39)34(37)28(27)12-13-29(33)31(35)16-18-36(35)17-7-23-41-36/h7-11,14-15,17,29-31,33,39H,2-6,12-13,16,18-24H2,1H3/t29-,30+,31-,33+,35-,36-/m0/s1. The van der Waals surface area contributed by atoms with E-state index >= 15 is 0 Å². The maximum Gasteiger partial charge on any atom is 0.134 e. The molecule has 41 heavy (non-hydrogen) atoms. The molecule has 4 nitrogen and oxygen atoms in total. The number of ether oxygens (including phenoxy) is 2. The van der Waals surface area contributed by atoms with E-state index in [-0.39, 0.29) is 16.8 Å². The SMILES string of the molecule is C[C@]12C[C@H](c3ccc(OCCCCN4CCCCC4)cc3)[C@@H]3c4ccc(O)c(Cl)c4CC[C@H]3[C@@H]1CC[C@@]21C=CCO1. The van der Waals surface area contributed by atoms with E-state index in [1.807, 2.05) is 6.07 Å². The van der Waals surface area contributed by atoms with Crippen LogP contribution in [0, 0.1) is 17.3 Å². The monoisotopic (exact) mass is 575 g/mol. The summed E-state index contributed by atoms with van der Waals surface area (Å²) < 4.78 is 12.8. The fourth-order valence-electron chi connectivity index (χ4n) is 9.70. The van der Waals surface area contributed by atoms with Gasteiger partial charge in [0.05, 0.1) is 23.8 Å². The first-order valence-corrected chi connectivity index (χ1v) is 16.6. The number of hydrogen-bond donors (Lipinski definition) is 1. The third-order valence-corrected chi connectivity index (χ3v) is 12.2. The Bertz CT molecular complexity index is 1270. The van der Waals surface area contributed by atoms with Crippen molar-refractivity contribution in [2.45, 2.75) is 88.6 Å². The van der Waals surface area contributed by atoms with Crippen LogP contribution >= 0.6 is 11.6 Å². The molecule has 3 fully saturated rings. The van der Waals surface area contributed by atoms with Crippen molar-refractivity contribution in [2.75, 3.05) is 32.8 Å². The number of phenolic OH excluding ortho intramolecular Hbond substituents is 1. The molecule has 0 amide bonds. The Labute approximate surface area is 251 Å². The zero-order valence-electron chi connectivity index (χ0n) is 24.6. The van der Waals surface area contributed by atoms with Gasteiger partial charge in [-0.1, -0.05) is 55.3 Å². The highest BCUT2D eigenvalue weighted by molar-refractivity contribution is 6.32. The summed E-state index contributed by atoms with van der Waals surface area (Å²) in [6.45, 7) is 7.78. The van der Waals surface area contributed by atoms with Crippen LogP contribution in [0.3, 0.4) is 0 Å². The first-order valence-electron chi connectivity index (χ1n) is 16.3. The maximum atomic E-state index is 10.4. The Hall–Kier alpha value is -2.01. The lowest BCUT2D eigenvalue weighted by molar-refractivity contribution is -0.101. The molecule has 1 saturated heterocycles. The summed E-state index contributed by atoms with van der Waals surface area (Å²) in [6, 6.07) is 13.0. The third kappa shape index (κ3) is 4.82. The van der Waals surface area contributed by atoms with E-state index in [9.17, 15) is 5.11 Å². The number of likely N-dealkylation sites (tertiary alicyclic amines) is 1. The molecule has 2 saturated carbocycles. The van der Waals surface area contributed by atoms with Gasteiger partial charge >= 0.3 is 0 Å². The molecular formula is C36H46ClNO3. The molecule has 0 bridgehead atoms. The molecule has 6 atom stereocenters. The summed E-state index contributed by atoms with van der Waals surface area (Å²) in [5.74, 6) is 3.16. The van der Waals surface area contributed by atoms with E-state index in [1.54, 1.807) is 0 Å². The molecule has 2 aromatic carbocycles. The second-order valence-electron chi connectivity index (χ2n) is 13.7. The van der Waals surface area contributed by atoms with Crippen LogP contribution in [-0.2, 0) is 11.2 Å². The van der Waals surface area contributed by atoms with Crippen LogP contribution in [0.5, 0.6) is 11.5 Å². The van der Waals surface area contributed by atoms with Crippen LogP contribution in [0.2, 0.25) is 5.02 Å². The van der Waals surface area contributed by atoms with Crippen LogP contribution in [0.15, 0.2) is 48.6 Å². The molecule has 1 spiro atoms. The van der Waals surface area contributed by atoms with Crippen molar-refractivity contribution in [1.29, 1.82) is 0 Å². The van der Waals surface area contributed by atoms with E-state index in [4.69, 9.17) is 21.1 Å². The summed E-state index contributed by atoms with van der Waals surface area (Å²) >= 11 is 6.71. The summed E-state index contributed by atoms with van der Waals surface area (Å²) in [6.07, 6.45) is 16.6. The second kappa shape index (κ2) is 11.2. The average Bonchev–Trinajstić information content (AvgIpc) is 3.60. The molecule has 2 aromatic rings. The normalized spacial score (nSPS) is 34.4. The Morgan fingerprint density at radius 3 is 2.66 bits per heavy atom. The van der Waals surface area contributed by atoms with Crippen molar-refractivity contribution in [1.82, 2.24) is 4.90 Å². The molecule has 220 valence electrons. The van der Waals surface area contributed by atoms with Crippen molar-refractivity contribution in [3.8, 4) is 11.5 Å². The van der Waals surface area contributed by atoms with Gasteiger partial charge in [-0.3, -0.25) is 0 Å². The molecule has 2 heterocycles. The van der Waals surface area contributed by atoms with Gasteiger partial charge < -0.3 is 19.5 Å². The quantitative estimate of drug-likeness (QED) is 0.266. The molecule has 0 radical (unpaired) electrons. The highest BCUT2D eigenvalue weighted by Gasteiger charge is 2.64. The number of phenols is 1. The zero-order chi connectivity index (χ0) is 28.0. The fraction of sp³-hybridized carbons (Fsp3) is 0.611. The highest BCUT2D eigenvalue weighted by Crippen LogP contribution is 2.69. The Morgan fingerprint density at radius 2 is 1.88 bits per heavy atom. The van der Waals surface area contributed by atoms with Gasteiger partial charge in [0.1, 0.15) is 11.5 Å². The van der Waals surface area contributed by atoms with Gasteiger partial charge in [0.15, 0.2) is 0 Å². The van der Waals surface area contributed by atoms with Crippen molar-refractivity contribution in [3.63, 3.8) is 0 Å². The summed E-state index contributed by atoms with van der Waals surface area (Å²) in [5.41, 5.74) is 3.88. The largest absolute Gasteiger partial charge is 0.506 e. The number of benzene rings is 2. The van der Waals surface area contributed by atoms with Crippen molar-refractivity contribution >= 4 is 11.6 Å². The average molecular weight is 576 g/mol. The van der Waals surface area contributed by atoms with Gasteiger partial charge in [-0.05, 0) is 136 Å². The van der Waals surface area contributed by atoms with Gasteiger partial charge in [0.2, 0.25) is 0 Å². The summed E-state index contributed by atoms with van der Waals surface area (Å²) in [7, 11) is 0. The van der Waals surface area contributed by atoms with Gasteiger partial charge in [-0.25, -0.2) is 0 Å². The predicted octanol–water partition coefficient (Wildman–Crippen LogP) is 8.27. The molecule has 7 rings (SSSR count). The lowest BCUT2D eigenvalue weighted by Crippen LogP contribution is -2.52. The maximum absolute atomic E-state index is 10.4. The van der Waals surface area contributed by atoms with Crippen molar-refractivity contribution < 1.29 is 14.6 Å². The molecule has 0 unspecified atom stereocenters. The van der Waals surface area contributed by atoms with Crippen LogP contribution in [0.1, 0.15) is 93.2 Å². The molecular weight excluding hydrogens is 530 g/mol. The minimum absolute atomic E-state index is 0.105. The Balaban J connectivity index is 1.12. The first kappa shape index (κ1) is 27.8. The van der Waals surface area contributed by atoms with Crippen LogP contribution in [0.25, 0.3) is 0 Å². The minimum atomic E-state index is -0.134. The van der Waals surface area contributed by atoms with Crippen molar-refractivity contribution in [2.24, 2.45) is 17.3 Å². The van der Waals surface area contributed by atoms with Crippen LogP contribution in [0.4, 0.5) is 0 Å². The lowest BCUT2D eigenvalue weighted by Gasteiger charge is -2.56. The van der Waals surface area contributed by atoms with Gasteiger partial charge in [0.25, 0.3) is 0 Å². The highest BCUT2D eigenvalue weighted by atomic mass is 35.5. The first-order chi connectivity index (χ1) is 20.0. The number of unbranched alkanes of at least 4 members (excludes halogenated alkanes) is 1. The van der Waals surface area contributed by atoms with Gasteiger partial charge in [-0.15, -0.1) is 0 Å². The van der Waals surface area contributed by atoms with E-state index in [1.165, 1.54) is 62.9 Å². The molecule has 1 N–H and O–H groups in total. The van der Waals surface area contributed by atoms with Crippen LogP contribution in [-0.4, -0.2) is 48.5 Å². The topological polar surface area (TPSA) is 41.9 Å². The lowest BCUT2D eigenvalue weighted by atomic mass is 9.49. The van der Waals surface area contributed by atoms with E-state index < -0.39 is 0 Å². The molecule has 0 aromatic heterocycles.